The summed E-state index contributed by atoms with van der Waals surface area (Å²) in [5.41, 5.74) is 5.29. The number of anilines is 2. The van der Waals surface area contributed by atoms with Gasteiger partial charge >= 0.3 is 6.18 Å². The van der Waals surface area contributed by atoms with Crippen LogP contribution in [0, 0.1) is 0 Å². The molecule has 0 spiro atoms. The van der Waals surface area contributed by atoms with Crippen LogP contribution in [0.3, 0.4) is 0 Å². The second kappa shape index (κ2) is 7.42. The molecule has 1 aromatic rings. The number of nitrogen functional groups attached to an aromatic ring is 1. The maximum absolute atomic E-state index is 12.9. The summed E-state index contributed by atoms with van der Waals surface area (Å²) in [5, 5.41) is 0. The van der Waals surface area contributed by atoms with E-state index in [2.05, 4.69) is 23.0 Å². The summed E-state index contributed by atoms with van der Waals surface area (Å²) in [4.78, 5) is 6.30. The van der Waals surface area contributed by atoms with Crippen LogP contribution in [0.5, 0.6) is 0 Å². The van der Waals surface area contributed by atoms with Gasteiger partial charge in [-0.15, -0.1) is 0 Å². The minimum Gasteiger partial charge on any atom is -0.490 e. The van der Waals surface area contributed by atoms with Crippen LogP contribution in [-0.2, 0) is 4.74 Å². The van der Waals surface area contributed by atoms with Crippen molar-refractivity contribution in [3.63, 3.8) is 0 Å². The van der Waals surface area contributed by atoms with E-state index in [1.165, 1.54) is 0 Å². The molecule has 0 unspecified atom stereocenters. The van der Waals surface area contributed by atoms with Crippen LogP contribution in [0.1, 0.15) is 12.8 Å². The third-order valence-corrected chi connectivity index (χ3v) is 3.79. The Hall–Kier alpha value is -2.44. The minimum absolute atomic E-state index is 0.276. The van der Waals surface area contributed by atoms with Crippen molar-refractivity contribution >= 4 is 11.5 Å². The molecule has 4 nitrogen and oxygen atoms in total. The Balaban J connectivity index is 2.01. The number of ether oxygens (including phenoxy) is 1. The molecule has 0 amide bonds. The van der Waals surface area contributed by atoms with Crippen molar-refractivity contribution in [1.82, 2.24) is 4.98 Å². The Morgan fingerprint density at radius 1 is 1.25 bits per heavy atom. The zero-order valence-electron chi connectivity index (χ0n) is 13.2. The maximum Gasteiger partial charge on any atom is 0.419 e. The molecule has 24 heavy (non-hydrogen) atoms. The molecule has 2 heterocycles. The van der Waals surface area contributed by atoms with E-state index < -0.39 is 11.7 Å². The third kappa shape index (κ3) is 4.31. The van der Waals surface area contributed by atoms with Crippen LogP contribution < -0.4 is 10.6 Å². The van der Waals surface area contributed by atoms with Crippen LogP contribution in [0.15, 0.2) is 55.0 Å². The van der Waals surface area contributed by atoms with Crippen LogP contribution in [0.2, 0.25) is 0 Å². The average molecular weight is 339 g/mol. The smallest absolute Gasteiger partial charge is 0.419 e. The molecule has 1 fully saturated rings. The number of piperidine rings is 1. The lowest BCUT2D eigenvalue weighted by Gasteiger charge is -2.33. The van der Waals surface area contributed by atoms with Gasteiger partial charge in [0, 0.05) is 25.9 Å². The summed E-state index contributed by atoms with van der Waals surface area (Å²) >= 11 is 0. The van der Waals surface area contributed by atoms with E-state index in [1.807, 2.05) is 6.07 Å². The van der Waals surface area contributed by atoms with Gasteiger partial charge in [0.25, 0.3) is 0 Å². The first-order chi connectivity index (χ1) is 11.3. The van der Waals surface area contributed by atoms with Gasteiger partial charge in [0.15, 0.2) is 0 Å². The predicted molar refractivity (Wildman–Crippen MR) is 88.4 cm³/mol. The van der Waals surface area contributed by atoms with Gasteiger partial charge in [0.05, 0.1) is 17.5 Å². The lowest BCUT2D eigenvalue weighted by atomic mass is 10.1. The molecule has 1 saturated heterocycles. The molecular formula is C17H20F3N3O. The molecule has 0 aliphatic carbocycles. The first kappa shape index (κ1) is 17.9. The van der Waals surface area contributed by atoms with Crippen molar-refractivity contribution in [2.75, 3.05) is 23.7 Å². The van der Waals surface area contributed by atoms with Gasteiger partial charge in [-0.25, -0.2) is 4.98 Å². The number of hydrogen-bond acceptors (Lipinski definition) is 4. The zero-order valence-corrected chi connectivity index (χ0v) is 13.2. The first-order valence-corrected chi connectivity index (χ1v) is 7.54. The van der Waals surface area contributed by atoms with Gasteiger partial charge in [0.2, 0.25) is 0 Å². The molecular weight excluding hydrogens is 319 g/mol. The standard InChI is InChI=1S/C17H20F3N3O/c1-3-14(17(18,19)20)15(4-2)24-13-7-9-23(10-8-13)16-6-5-12(21)11-22-16/h3-6,11,13H,1-2,7-10,21H2/b15-14-. The molecule has 0 radical (unpaired) electrons. The fourth-order valence-corrected chi connectivity index (χ4v) is 2.54. The highest BCUT2D eigenvalue weighted by Gasteiger charge is 2.35. The molecule has 1 aliphatic rings. The van der Waals surface area contributed by atoms with E-state index in [0.717, 1.165) is 18.0 Å². The molecule has 1 aliphatic heterocycles. The van der Waals surface area contributed by atoms with Crippen molar-refractivity contribution in [2.45, 2.75) is 25.1 Å². The Labute approximate surface area is 139 Å². The Kier molecular flexibility index (Phi) is 5.54. The molecule has 7 heteroatoms. The van der Waals surface area contributed by atoms with Gasteiger partial charge in [-0.1, -0.05) is 19.2 Å². The van der Waals surface area contributed by atoms with E-state index in [1.54, 1.807) is 12.3 Å². The summed E-state index contributed by atoms with van der Waals surface area (Å²) in [5.74, 6) is 0.519. The van der Waals surface area contributed by atoms with Gasteiger partial charge < -0.3 is 15.4 Å². The van der Waals surface area contributed by atoms with E-state index >= 15 is 0 Å². The second-order valence-corrected chi connectivity index (χ2v) is 5.44. The number of allylic oxidation sites excluding steroid dienone is 3. The summed E-state index contributed by atoms with van der Waals surface area (Å²) in [6.45, 7) is 7.91. The lowest BCUT2D eigenvalue weighted by molar-refractivity contribution is -0.0922. The van der Waals surface area contributed by atoms with Gasteiger partial charge in [-0.2, -0.15) is 13.2 Å². The highest BCUT2D eigenvalue weighted by molar-refractivity contribution is 5.46. The molecule has 2 N–H and O–H groups in total. The normalized spacial score (nSPS) is 17.2. The summed E-state index contributed by atoms with van der Waals surface area (Å²) in [6.07, 6.45) is -0.226. The molecule has 130 valence electrons. The fraction of sp³-hybridized carbons (Fsp3) is 0.353. The minimum atomic E-state index is -4.51. The number of alkyl halides is 3. The van der Waals surface area contributed by atoms with Gasteiger partial charge in [0.1, 0.15) is 17.7 Å². The molecule has 0 saturated carbocycles. The maximum atomic E-state index is 12.9. The average Bonchev–Trinajstić information content (AvgIpc) is 2.55. The number of hydrogen-bond donors (Lipinski definition) is 1. The zero-order chi connectivity index (χ0) is 17.7. The molecule has 0 bridgehead atoms. The molecule has 1 aromatic heterocycles. The van der Waals surface area contributed by atoms with E-state index in [9.17, 15) is 13.2 Å². The van der Waals surface area contributed by atoms with Crippen molar-refractivity contribution in [3.8, 4) is 0 Å². The Bertz CT molecular complexity index is 615. The van der Waals surface area contributed by atoms with Crippen molar-refractivity contribution in [3.05, 3.63) is 55.0 Å². The monoisotopic (exact) mass is 339 g/mol. The molecule has 0 aromatic carbocycles. The quantitative estimate of drug-likeness (QED) is 0.654. The number of rotatable bonds is 5. The third-order valence-electron chi connectivity index (χ3n) is 3.79. The highest BCUT2D eigenvalue weighted by Crippen LogP contribution is 2.31. The van der Waals surface area contributed by atoms with Crippen LogP contribution in [-0.4, -0.2) is 30.4 Å². The summed E-state index contributed by atoms with van der Waals surface area (Å²) in [7, 11) is 0. The van der Waals surface area contributed by atoms with E-state index in [4.69, 9.17) is 10.5 Å². The predicted octanol–water partition coefficient (Wildman–Crippen LogP) is 3.84. The number of halogens is 3. The largest absolute Gasteiger partial charge is 0.490 e. The van der Waals surface area contributed by atoms with Crippen molar-refractivity contribution < 1.29 is 17.9 Å². The first-order valence-electron chi connectivity index (χ1n) is 7.54. The lowest BCUT2D eigenvalue weighted by Crippen LogP contribution is -2.37. The number of nitrogens with two attached hydrogens (primary N) is 1. The fourth-order valence-electron chi connectivity index (χ4n) is 2.54. The number of nitrogens with zero attached hydrogens (tertiary/aromatic N) is 2. The van der Waals surface area contributed by atoms with Crippen LogP contribution in [0.4, 0.5) is 24.7 Å². The van der Waals surface area contributed by atoms with E-state index in [0.29, 0.717) is 31.6 Å². The van der Waals surface area contributed by atoms with Crippen molar-refractivity contribution in [1.29, 1.82) is 0 Å². The Morgan fingerprint density at radius 2 is 1.92 bits per heavy atom. The number of pyridine rings is 1. The molecule has 0 atom stereocenters. The van der Waals surface area contributed by atoms with Crippen molar-refractivity contribution in [2.24, 2.45) is 0 Å². The van der Waals surface area contributed by atoms with Gasteiger partial charge in [-0.3, -0.25) is 0 Å². The van der Waals surface area contributed by atoms with E-state index in [-0.39, 0.29) is 11.9 Å². The highest BCUT2D eigenvalue weighted by atomic mass is 19.4. The number of aromatic nitrogens is 1. The van der Waals surface area contributed by atoms with Gasteiger partial charge in [-0.05, 0) is 18.2 Å². The summed E-state index contributed by atoms with van der Waals surface area (Å²) < 4.78 is 44.4. The Morgan fingerprint density at radius 3 is 2.38 bits per heavy atom. The second-order valence-electron chi connectivity index (χ2n) is 5.44. The SMILES string of the molecule is C=C/C(OC1CCN(c2ccc(N)cn2)CC1)=C(\C=C)C(F)(F)F. The van der Waals surface area contributed by atoms with Crippen LogP contribution >= 0.6 is 0 Å². The molecule has 2 rings (SSSR count). The topological polar surface area (TPSA) is 51.4 Å². The van der Waals surface area contributed by atoms with Crippen LogP contribution in [0.25, 0.3) is 0 Å². The summed E-state index contributed by atoms with van der Waals surface area (Å²) in [6, 6.07) is 3.59.